The molecule has 0 radical (unpaired) electrons. The van der Waals surface area contributed by atoms with Crippen LogP contribution in [0.25, 0.3) is 0 Å². The van der Waals surface area contributed by atoms with Crippen molar-refractivity contribution in [2.45, 2.75) is 18.9 Å². The molecule has 0 N–H and O–H groups in total. The van der Waals surface area contributed by atoms with E-state index < -0.39 is 12.0 Å². The number of carbonyl (C=O) groups excluding carboxylic acids is 2. The van der Waals surface area contributed by atoms with Gasteiger partial charge in [-0.15, -0.1) is 0 Å². The molecule has 1 amide bonds. The Labute approximate surface area is 116 Å². The SMILES string of the molecule is COC(=O)C1CCC(=O)N1c1ccc(OC)c(Cl)c1. The molecule has 1 unspecified atom stereocenters. The largest absolute Gasteiger partial charge is 0.495 e. The maximum atomic E-state index is 11.9. The summed E-state index contributed by atoms with van der Waals surface area (Å²) in [4.78, 5) is 25.0. The molecular weight excluding hydrogens is 270 g/mol. The Morgan fingerprint density at radius 2 is 2.16 bits per heavy atom. The van der Waals surface area contributed by atoms with Crippen molar-refractivity contribution < 1.29 is 19.1 Å². The van der Waals surface area contributed by atoms with Crippen LogP contribution >= 0.6 is 11.6 Å². The quantitative estimate of drug-likeness (QED) is 0.797. The second-order valence-electron chi connectivity index (χ2n) is 4.16. The Morgan fingerprint density at radius 3 is 2.74 bits per heavy atom. The van der Waals surface area contributed by atoms with Gasteiger partial charge in [-0.1, -0.05) is 11.6 Å². The van der Waals surface area contributed by atoms with E-state index in [9.17, 15) is 9.59 Å². The molecule has 2 rings (SSSR count). The van der Waals surface area contributed by atoms with Crippen LogP contribution in [0, 0.1) is 0 Å². The topological polar surface area (TPSA) is 55.8 Å². The third kappa shape index (κ3) is 2.51. The highest BCUT2D eigenvalue weighted by atomic mass is 35.5. The molecule has 1 saturated heterocycles. The zero-order chi connectivity index (χ0) is 14.0. The fourth-order valence-electron chi connectivity index (χ4n) is 2.17. The fourth-order valence-corrected chi connectivity index (χ4v) is 2.42. The Hall–Kier alpha value is -1.75. The summed E-state index contributed by atoms with van der Waals surface area (Å²) in [5.74, 6) is -0.0129. The minimum Gasteiger partial charge on any atom is -0.495 e. The predicted octanol–water partition coefficient (Wildman–Crippen LogP) is 2.02. The molecule has 0 bridgehead atoms. The molecule has 1 aliphatic rings. The molecule has 0 aliphatic carbocycles. The van der Waals surface area contributed by atoms with E-state index >= 15 is 0 Å². The van der Waals surface area contributed by atoms with Gasteiger partial charge in [-0.3, -0.25) is 9.69 Å². The zero-order valence-electron chi connectivity index (χ0n) is 10.7. The predicted molar refractivity (Wildman–Crippen MR) is 70.5 cm³/mol. The maximum Gasteiger partial charge on any atom is 0.328 e. The summed E-state index contributed by atoms with van der Waals surface area (Å²) in [6.45, 7) is 0. The van der Waals surface area contributed by atoms with Crippen molar-refractivity contribution in [1.82, 2.24) is 0 Å². The van der Waals surface area contributed by atoms with Crippen molar-refractivity contribution in [2.24, 2.45) is 0 Å². The van der Waals surface area contributed by atoms with Crippen molar-refractivity contribution in [3.8, 4) is 5.75 Å². The number of anilines is 1. The molecule has 0 aromatic heterocycles. The van der Waals surface area contributed by atoms with Crippen molar-refractivity contribution in [2.75, 3.05) is 19.1 Å². The van der Waals surface area contributed by atoms with Crippen LogP contribution in [0.3, 0.4) is 0 Å². The van der Waals surface area contributed by atoms with Gasteiger partial charge in [0.25, 0.3) is 0 Å². The average molecular weight is 284 g/mol. The first-order valence-electron chi connectivity index (χ1n) is 5.82. The molecule has 1 heterocycles. The van der Waals surface area contributed by atoms with Gasteiger partial charge >= 0.3 is 5.97 Å². The van der Waals surface area contributed by atoms with Gasteiger partial charge in [0.1, 0.15) is 11.8 Å². The smallest absolute Gasteiger partial charge is 0.328 e. The molecule has 0 saturated carbocycles. The lowest BCUT2D eigenvalue weighted by molar-refractivity contribution is -0.142. The monoisotopic (exact) mass is 283 g/mol. The maximum absolute atomic E-state index is 11.9. The lowest BCUT2D eigenvalue weighted by atomic mass is 10.2. The summed E-state index contributed by atoms with van der Waals surface area (Å²) in [5, 5.41) is 0.392. The summed E-state index contributed by atoms with van der Waals surface area (Å²) in [5.41, 5.74) is 0.573. The molecular formula is C13H14ClNO4. The van der Waals surface area contributed by atoms with Gasteiger partial charge in [-0.05, 0) is 24.6 Å². The lowest BCUT2D eigenvalue weighted by Crippen LogP contribution is -2.39. The standard InChI is InChI=1S/C13H14ClNO4/c1-18-11-5-3-8(7-9(11)14)15-10(13(17)19-2)4-6-12(15)16/h3,5,7,10H,4,6H2,1-2H3. The average Bonchev–Trinajstić information content (AvgIpc) is 2.79. The fraction of sp³-hybridized carbons (Fsp3) is 0.385. The van der Waals surface area contributed by atoms with Crippen LogP contribution in [0.2, 0.25) is 5.02 Å². The normalized spacial score (nSPS) is 18.6. The van der Waals surface area contributed by atoms with E-state index in [4.69, 9.17) is 21.1 Å². The van der Waals surface area contributed by atoms with Gasteiger partial charge in [0.15, 0.2) is 0 Å². The number of hydrogen-bond acceptors (Lipinski definition) is 4. The van der Waals surface area contributed by atoms with Crippen molar-refractivity contribution >= 4 is 29.2 Å². The molecule has 1 aromatic rings. The van der Waals surface area contributed by atoms with Crippen LogP contribution in [0.5, 0.6) is 5.75 Å². The first-order valence-corrected chi connectivity index (χ1v) is 6.19. The second-order valence-corrected chi connectivity index (χ2v) is 4.57. The first kappa shape index (κ1) is 13.7. The third-order valence-corrected chi connectivity index (χ3v) is 3.39. The summed E-state index contributed by atoms with van der Waals surface area (Å²) in [6.07, 6.45) is 0.776. The van der Waals surface area contributed by atoms with E-state index in [1.165, 1.54) is 19.1 Å². The van der Waals surface area contributed by atoms with E-state index in [2.05, 4.69) is 0 Å². The molecule has 102 valence electrons. The van der Waals surface area contributed by atoms with Gasteiger partial charge < -0.3 is 9.47 Å². The van der Waals surface area contributed by atoms with Gasteiger partial charge in [-0.25, -0.2) is 4.79 Å². The highest BCUT2D eigenvalue weighted by molar-refractivity contribution is 6.32. The van der Waals surface area contributed by atoms with Gasteiger partial charge in [-0.2, -0.15) is 0 Å². The Bertz CT molecular complexity index is 517. The Morgan fingerprint density at radius 1 is 1.42 bits per heavy atom. The number of nitrogens with zero attached hydrogens (tertiary/aromatic N) is 1. The van der Waals surface area contributed by atoms with E-state index in [1.54, 1.807) is 18.2 Å². The Balaban J connectivity index is 2.35. The second kappa shape index (κ2) is 5.48. The number of esters is 1. The molecule has 1 aliphatic heterocycles. The van der Waals surface area contributed by atoms with Gasteiger partial charge in [0.05, 0.1) is 19.2 Å². The highest BCUT2D eigenvalue weighted by Crippen LogP contribution is 2.33. The lowest BCUT2D eigenvalue weighted by Gasteiger charge is -2.23. The first-order chi connectivity index (χ1) is 9.08. The number of benzene rings is 1. The number of hydrogen-bond donors (Lipinski definition) is 0. The van der Waals surface area contributed by atoms with E-state index in [0.29, 0.717) is 29.3 Å². The van der Waals surface area contributed by atoms with Crippen LogP contribution in [0.1, 0.15) is 12.8 Å². The molecule has 1 fully saturated rings. The summed E-state index contributed by atoms with van der Waals surface area (Å²) < 4.78 is 9.78. The number of ether oxygens (including phenoxy) is 2. The van der Waals surface area contributed by atoms with Crippen LogP contribution in [-0.2, 0) is 14.3 Å². The van der Waals surface area contributed by atoms with E-state index in [-0.39, 0.29) is 5.91 Å². The molecule has 1 atom stereocenters. The molecule has 0 spiro atoms. The third-order valence-electron chi connectivity index (χ3n) is 3.10. The van der Waals surface area contributed by atoms with E-state index in [1.807, 2.05) is 0 Å². The highest BCUT2D eigenvalue weighted by Gasteiger charge is 2.38. The Kier molecular flexibility index (Phi) is 3.95. The van der Waals surface area contributed by atoms with E-state index in [0.717, 1.165) is 0 Å². The van der Waals surface area contributed by atoms with Crippen LogP contribution in [-0.4, -0.2) is 32.1 Å². The molecule has 5 nitrogen and oxygen atoms in total. The van der Waals surface area contributed by atoms with Gasteiger partial charge in [0, 0.05) is 12.1 Å². The number of methoxy groups -OCH3 is 2. The van der Waals surface area contributed by atoms with Crippen molar-refractivity contribution in [3.63, 3.8) is 0 Å². The minimum atomic E-state index is -0.582. The molecule has 1 aromatic carbocycles. The van der Waals surface area contributed by atoms with Crippen LogP contribution in [0.4, 0.5) is 5.69 Å². The molecule has 6 heteroatoms. The summed E-state index contributed by atoms with van der Waals surface area (Å²) in [7, 11) is 2.82. The number of rotatable bonds is 3. The minimum absolute atomic E-state index is 0.114. The van der Waals surface area contributed by atoms with Crippen LogP contribution < -0.4 is 9.64 Å². The summed E-state index contributed by atoms with van der Waals surface area (Å²) in [6, 6.07) is 4.39. The van der Waals surface area contributed by atoms with Crippen LogP contribution in [0.15, 0.2) is 18.2 Å². The number of halogens is 1. The summed E-state index contributed by atoms with van der Waals surface area (Å²) >= 11 is 6.04. The van der Waals surface area contributed by atoms with Crippen molar-refractivity contribution in [3.05, 3.63) is 23.2 Å². The zero-order valence-corrected chi connectivity index (χ0v) is 11.4. The van der Waals surface area contributed by atoms with Crippen molar-refractivity contribution in [1.29, 1.82) is 0 Å². The number of carbonyl (C=O) groups is 2. The molecule has 19 heavy (non-hydrogen) atoms. The van der Waals surface area contributed by atoms with Gasteiger partial charge in [0.2, 0.25) is 5.91 Å². The number of amides is 1.